The van der Waals surface area contributed by atoms with Crippen molar-refractivity contribution in [1.29, 1.82) is 0 Å². The quantitative estimate of drug-likeness (QED) is 0.366. The number of nitrogens with zero attached hydrogens (tertiary/aromatic N) is 2. The molecule has 1 aromatic carbocycles. The van der Waals surface area contributed by atoms with E-state index < -0.39 is 10.0 Å². The lowest BCUT2D eigenvalue weighted by Crippen LogP contribution is -2.41. The summed E-state index contributed by atoms with van der Waals surface area (Å²) in [5, 5.41) is 6.76. The number of benzene rings is 1. The first-order valence-electron chi connectivity index (χ1n) is 9.66. The summed E-state index contributed by atoms with van der Waals surface area (Å²) in [6.07, 6.45) is 7.98. The maximum absolute atomic E-state index is 12.7. The summed E-state index contributed by atoms with van der Waals surface area (Å²) < 4.78 is 27.0. The molecule has 0 atom stereocenters. The van der Waals surface area contributed by atoms with E-state index in [1.54, 1.807) is 23.5 Å². The van der Waals surface area contributed by atoms with Crippen molar-refractivity contribution in [2.45, 2.75) is 62.4 Å². The number of nitrogens with one attached hydrogen (secondary N) is 2. The van der Waals surface area contributed by atoms with E-state index >= 15 is 0 Å². The van der Waals surface area contributed by atoms with Crippen molar-refractivity contribution >= 4 is 40.0 Å². The van der Waals surface area contributed by atoms with Gasteiger partial charge in [0.25, 0.3) is 0 Å². The Labute approximate surface area is 180 Å². The lowest BCUT2D eigenvalue weighted by molar-refractivity contribution is 0.346. The van der Waals surface area contributed by atoms with E-state index in [4.69, 9.17) is 0 Å². The van der Waals surface area contributed by atoms with Crippen molar-refractivity contribution in [2.24, 2.45) is 4.99 Å². The number of rotatable bonds is 5. The summed E-state index contributed by atoms with van der Waals surface area (Å²) in [5.74, 6) is 0.807. The maximum atomic E-state index is 12.7. The number of hydrogen-bond acceptors (Lipinski definition) is 3. The molecule has 0 spiro atoms. The van der Waals surface area contributed by atoms with Gasteiger partial charge in [-0.3, -0.25) is 4.99 Å². The zero-order chi connectivity index (χ0) is 18.4. The van der Waals surface area contributed by atoms with E-state index in [1.165, 1.54) is 25.7 Å². The van der Waals surface area contributed by atoms with Gasteiger partial charge in [0.2, 0.25) is 10.0 Å². The predicted octanol–water partition coefficient (Wildman–Crippen LogP) is 3.09. The van der Waals surface area contributed by atoms with Crippen LogP contribution >= 0.6 is 24.0 Å². The van der Waals surface area contributed by atoms with E-state index in [0.717, 1.165) is 30.8 Å². The highest BCUT2D eigenvalue weighted by molar-refractivity contribution is 14.0. The molecule has 1 saturated carbocycles. The molecule has 2 fully saturated rings. The van der Waals surface area contributed by atoms with Crippen LogP contribution in [0.15, 0.2) is 34.2 Å². The van der Waals surface area contributed by atoms with Gasteiger partial charge >= 0.3 is 0 Å². The molecular formula is C19H31IN4O2S. The molecule has 27 heavy (non-hydrogen) atoms. The molecule has 0 unspecified atom stereocenters. The molecule has 0 amide bonds. The van der Waals surface area contributed by atoms with Gasteiger partial charge < -0.3 is 10.6 Å². The molecule has 2 aliphatic rings. The van der Waals surface area contributed by atoms with Crippen LogP contribution in [0.25, 0.3) is 0 Å². The average molecular weight is 506 g/mol. The van der Waals surface area contributed by atoms with Crippen LogP contribution in [0.4, 0.5) is 0 Å². The molecule has 152 valence electrons. The lowest BCUT2D eigenvalue weighted by atomic mass is 10.2. The van der Waals surface area contributed by atoms with E-state index in [1.807, 2.05) is 12.1 Å². The van der Waals surface area contributed by atoms with E-state index in [0.29, 0.717) is 30.6 Å². The molecule has 1 heterocycles. The Balaban J connectivity index is 0.00000261. The Morgan fingerprint density at radius 3 is 2.30 bits per heavy atom. The number of sulfonamides is 1. The number of hydrogen-bond donors (Lipinski definition) is 2. The van der Waals surface area contributed by atoms with E-state index in [-0.39, 0.29) is 24.0 Å². The molecule has 0 aromatic heterocycles. The Bertz CT molecular complexity index is 710. The van der Waals surface area contributed by atoms with E-state index in [9.17, 15) is 8.42 Å². The van der Waals surface area contributed by atoms with Crippen molar-refractivity contribution in [3.8, 4) is 0 Å². The minimum absolute atomic E-state index is 0. The predicted molar refractivity (Wildman–Crippen MR) is 120 cm³/mol. The summed E-state index contributed by atoms with van der Waals surface area (Å²) in [6.45, 7) is 1.89. The first-order chi connectivity index (χ1) is 12.6. The summed E-state index contributed by atoms with van der Waals surface area (Å²) in [6, 6.07) is 7.71. The van der Waals surface area contributed by atoms with Crippen LogP contribution < -0.4 is 10.6 Å². The van der Waals surface area contributed by atoms with Gasteiger partial charge in [0.05, 0.1) is 4.90 Å². The highest BCUT2D eigenvalue weighted by Gasteiger charge is 2.25. The molecule has 1 aromatic rings. The third kappa shape index (κ3) is 6.05. The summed E-state index contributed by atoms with van der Waals surface area (Å²) in [4.78, 5) is 4.66. The first-order valence-corrected chi connectivity index (χ1v) is 11.1. The van der Waals surface area contributed by atoms with Crippen molar-refractivity contribution in [2.75, 3.05) is 20.1 Å². The summed E-state index contributed by atoms with van der Waals surface area (Å²) in [7, 11) is -1.58. The number of guanidine groups is 1. The Morgan fingerprint density at radius 2 is 1.70 bits per heavy atom. The smallest absolute Gasteiger partial charge is 0.243 e. The average Bonchev–Trinajstić information content (AvgIpc) is 3.19. The fourth-order valence-electron chi connectivity index (χ4n) is 3.68. The molecule has 1 aliphatic carbocycles. The van der Waals surface area contributed by atoms with Gasteiger partial charge in [-0.05, 0) is 43.4 Å². The highest BCUT2D eigenvalue weighted by atomic mass is 127. The third-order valence-electron chi connectivity index (χ3n) is 5.26. The fraction of sp³-hybridized carbons (Fsp3) is 0.632. The van der Waals surface area contributed by atoms with Gasteiger partial charge in [-0.25, -0.2) is 8.42 Å². The van der Waals surface area contributed by atoms with Gasteiger partial charge in [-0.15, -0.1) is 24.0 Å². The van der Waals surface area contributed by atoms with Crippen LogP contribution in [0.3, 0.4) is 0 Å². The number of aliphatic imine (C=N–C) groups is 1. The molecular weight excluding hydrogens is 475 g/mol. The standard InChI is InChI=1S/C19H30N4O2S.HI/c1-20-19(22-17-7-3-4-8-17)21-15-16-9-11-18(12-10-16)26(24,25)23-13-5-2-6-14-23;/h9-12,17H,2-8,13-15H2,1H3,(H2,20,21,22);1H. The SMILES string of the molecule is CN=C(NCc1ccc(S(=O)(=O)N2CCCCC2)cc1)NC1CCCC1.I. The van der Waals surface area contributed by atoms with Gasteiger partial charge in [-0.2, -0.15) is 4.31 Å². The van der Waals surface area contributed by atoms with Gasteiger partial charge in [0.15, 0.2) is 5.96 Å². The molecule has 1 aliphatic heterocycles. The Kier molecular flexibility index (Phi) is 8.81. The van der Waals surface area contributed by atoms with Gasteiger partial charge in [0.1, 0.15) is 0 Å². The second-order valence-corrected chi connectivity index (χ2v) is 9.10. The number of piperidine rings is 1. The Hall–Kier alpha value is -0.870. The molecule has 0 bridgehead atoms. The highest BCUT2D eigenvalue weighted by Crippen LogP contribution is 2.21. The topological polar surface area (TPSA) is 73.8 Å². The minimum Gasteiger partial charge on any atom is -0.354 e. The molecule has 0 radical (unpaired) electrons. The minimum atomic E-state index is -3.35. The monoisotopic (exact) mass is 506 g/mol. The van der Waals surface area contributed by atoms with Crippen LogP contribution in [-0.2, 0) is 16.6 Å². The van der Waals surface area contributed by atoms with Crippen LogP contribution in [0.5, 0.6) is 0 Å². The van der Waals surface area contributed by atoms with Gasteiger partial charge in [-0.1, -0.05) is 31.4 Å². The maximum Gasteiger partial charge on any atom is 0.243 e. The Morgan fingerprint density at radius 1 is 1.07 bits per heavy atom. The summed E-state index contributed by atoms with van der Waals surface area (Å²) >= 11 is 0. The molecule has 8 heteroatoms. The first kappa shape index (κ1) is 22.4. The zero-order valence-electron chi connectivity index (χ0n) is 16.0. The van der Waals surface area contributed by atoms with Crippen molar-refractivity contribution in [1.82, 2.24) is 14.9 Å². The van der Waals surface area contributed by atoms with Crippen molar-refractivity contribution in [3.05, 3.63) is 29.8 Å². The normalized spacial score (nSPS) is 19.5. The van der Waals surface area contributed by atoms with Crippen molar-refractivity contribution in [3.63, 3.8) is 0 Å². The molecule has 6 nitrogen and oxygen atoms in total. The van der Waals surface area contributed by atoms with Gasteiger partial charge in [0, 0.05) is 32.7 Å². The second-order valence-electron chi connectivity index (χ2n) is 7.16. The van der Waals surface area contributed by atoms with Crippen molar-refractivity contribution < 1.29 is 8.42 Å². The molecule has 2 N–H and O–H groups in total. The third-order valence-corrected chi connectivity index (χ3v) is 7.17. The van der Waals surface area contributed by atoms with Crippen LogP contribution in [-0.4, -0.2) is 44.9 Å². The number of halogens is 1. The molecule has 3 rings (SSSR count). The second kappa shape index (κ2) is 10.6. The van der Waals surface area contributed by atoms with Crippen LogP contribution in [0.2, 0.25) is 0 Å². The van der Waals surface area contributed by atoms with Crippen LogP contribution in [0.1, 0.15) is 50.5 Å². The summed E-state index contributed by atoms with van der Waals surface area (Å²) in [5.41, 5.74) is 1.04. The van der Waals surface area contributed by atoms with Crippen LogP contribution in [0, 0.1) is 0 Å². The fourth-order valence-corrected chi connectivity index (χ4v) is 5.19. The lowest BCUT2D eigenvalue weighted by Gasteiger charge is -2.25. The molecule has 1 saturated heterocycles. The zero-order valence-corrected chi connectivity index (χ0v) is 19.1. The largest absolute Gasteiger partial charge is 0.354 e. The van der Waals surface area contributed by atoms with E-state index in [2.05, 4.69) is 15.6 Å².